The van der Waals surface area contributed by atoms with Crippen molar-refractivity contribution in [2.45, 2.75) is 6.92 Å². The molecule has 1 aliphatic heterocycles. The molecule has 6 nitrogen and oxygen atoms in total. The topological polar surface area (TPSA) is 65.5 Å². The zero-order valence-electron chi connectivity index (χ0n) is 14.2. The average molecular weight is 360 g/mol. The fraction of sp³-hybridized carbons (Fsp3) is 0.278. The summed E-state index contributed by atoms with van der Waals surface area (Å²) in [6.45, 7) is 4.06. The molecule has 0 bridgehead atoms. The van der Waals surface area contributed by atoms with Crippen LogP contribution in [0.2, 0.25) is 0 Å². The van der Waals surface area contributed by atoms with Gasteiger partial charge in [-0.3, -0.25) is 14.6 Å². The minimum atomic E-state index is -0.852. The highest BCUT2D eigenvalue weighted by molar-refractivity contribution is 6.03. The van der Waals surface area contributed by atoms with Gasteiger partial charge in [0.1, 0.15) is 17.3 Å². The third-order valence-corrected chi connectivity index (χ3v) is 4.25. The van der Waals surface area contributed by atoms with Gasteiger partial charge in [0.15, 0.2) is 0 Å². The number of carbonyl (C=O) groups is 2. The van der Waals surface area contributed by atoms with E-state index in [-0.39, 0.29) is 17.3 Å². The highest BCUT2D eigenvalue weighted by atomic mass is 19.1. The Morgan fingerprint density at radius 1 is 1.08 bits per heavy atom. The number of nitrogens with one attached hydrogen (secondary N) is 1. The SMILES string of the molecule is CC(=O)N1CCN(c2ccnc(C(=O)Nc3ccc(F)cc3F)c2)CC1. The van der Waals surface area contributed by atoms with Gasteiger partial charge in [-0.2, -0.15) is 0 Å². The summed E-state index contributed by atoms with van der Waals surface area (Å²) in [6.07, 6.45) is 1.50. The lowest BCUT2D eigenvalue weighted by Crippen LogP contribution is -2.48. The molecule has 2 heterocycles. The van der Waals surface area contributed by atoms with Crippen LogP contribution in [0.25, 0.3) is 0 Å². The zero-order chi connectivity index (χ0) is 18.7. The zero-order valence-corrected chi connectivity index (χ0v) is 14.2. The highest BCUT2D eigenvalue weighted by Gasteiger charge is 2.20. The maximum absolute atomic E-state index is 13.7. The van der Waals surface area contributed by atoms with Crippen LogP contribution in [-0.2, 0) is 4.79 Å². The van der Waals surface area contributed by atoms with E-state index in [1.807, 2.05) is 0 Å². The molecule has 1 N–H and O–H groups in total. The summed E-state index contributed by atoms with van der Waals surface area (Å²) in [5.41, 5.74) is 0.812. The van der Waals surface area contributed by atoms with Gasteiger partial charge in [-0.05, 0) is 24.3 Å². The lowest BCUT2D eigenvalue weighted by Gasteiger charge is -2.35. The van der Waals surface area contributed by atoms with E-state index in [0.717, 1.165) is 17.8 Å². The maximum atomic E-state index is 13.7. The Morgan fingerprint density at radius 2 is 1.81 bits per heavy atom. The average Bonchev–Trinajstić information content (AvgIpc) is 2.64. The van der Waals surface area contributed by atoms with Gasteiger partial charge < -0.3 is 15.1 Å². The van der Waals surface area contributed by atoms with Crippen LogP contribution in [0.1, 0.15) is 17.4 Å². The van der Waals surface area contributed by atoms with E-state index in [2.05, 4.69) is 15.2 Å². The number of rotatable bonds is 3. The van der Waals surface area contributed by atoms with Gasteiger partial charge in [0, 0.05) is 51.1 Å². The first-order chi connectivity index (χ1) is 12.4. The van der Waals surface area contributed by atoms with Crippen LogP contribution in [0.5, 0.6) is 0 Å². The summed E-state index contributed by atoms with van der Waals surface area (Å²) in [6, 6.07) is 6.32. The summed E-state index contributed by atoms with van der Waals surface area (Å²) in [5.74, 6) is -2.11. The molecule has 8 heteroatoms. The molecule has 0 atom stereocenters. The van der Waals surface area contributed by atoms with Crippen molar-refractivity contribution in [1.82, 2.24) is 9.88 Å². The predicted octanol–water partition coefficient (Wildman–Crippen LogP) is 2.28. The van der Waals surface area contributed by atoms with Crippen LogP contribution in [0.4, 0.5) is 20.2 Å². The summed E-state index contributed by atoms with van der Waals surface area (Å²) in [5, 5.41) is 2.39. The Hall–Kier alpha value is -3.03. The lowest BCUT2D eigenvalue weighted by molar-refractivity contribution is -0.129. The Labute approximate surface area is 149 Å². The molecule has 26 heavy (non-hydrogen) atoms. The van der Waals surface area contributed by atoms with Crippen molar-refractivity contribution in [1.29, 1.82) is 0 Å². The van der Waals surface area contributed by atoms with Crippen LogP contribution >= 0.6 is 0 Å². The fourth-order valence-electron chi connectivity index (χ4n) is 2.80. The van der Waals surface area contributed by atoms with Crippen LogP contribution < -0.4 is 10.2 Å². The van der Waals surface area contributed by atoms with E-state index < -0.39 is 17.5 Å². The standard InChI is InChI=1S/C18H18F2N4O2/c1-12(25)23-6-8-24(9-7-23)14-4-5-21-17(11-14)18(26)22-16-3-2-13(19)10-15(16)20/h2-5,10-11H,6-9H2,1H3,(H,22,26). The molecule has 1 aromatic heterocycles. The smallest absolute Gasteiger partial charge is 0.274 e. The second-order valence-electron chi connectivity index (χ2n) is 5.97. The number of pyridine rings is 1. The number of aromatic nitrogens is 1. The molecule has 3 rings (SSSR count). The Kier molecular flexibility index (Phi) is 5.11. The summed E-state index contributed by atoms with van der Waals surface area (Å²) in [4.78, 5) is 31.6. The van der Waals surface area contributed by atoms with E-state index in [1.54, 1.807) is 24.0 Å². The molecule has 0 saturated carbocycles. The molecule has 2 amide bonds. The Balaban J connectivity index is 1.71. The summed E-state index contributed by atoms with van der Waals surface area (Å²) >= 11 is 0. The van der Waals surface area contributed by atoms with Crippen molar-refractivity contribution in [3.05, 3.63) is 53.9 Å². The molecule has 136 valence electrons. The van der Waals surface area contributed by atoms with Crippen LogP contribution in [0.15, 0.2) is 36.5 Å². The molecule has 2 aromatic rings. The van der Waals surface area contributed by atoms with Gasteiger partial charge in [-0.1, -0.05) is 0 Å². The number of piperazine rings is 1. The van der Waals surface area contributed by atoms with Crippen molar-refractivity contribution in [3.8, 4) is 0 Å². The number of hydrogen-bond donors (Lipinski definition) is 1. The third kappa shape index (κ3) is 3.96. The minimum Gasteiger partial charge on any atom is -0.368 e. The van der Waals surface area contributed by atoms with Crippen molar-refractivity contribution in [2.75, 3.05) is 36.4 Å². The molecule has 0 unspecified atom stereocenters. The molecule has 1 fully saturated rings. The molecule has 0 spiro atoms. The van der Waals surface area contributed by atoms with Gasteiger partial charge in [-0.15, -0.1) is 0 Å². The minimum absolute atomic E-state index is 0.0424. The highest BCUT2D eigenvalue weighted by Crippen LogP contribution is 2.19. The molecule has 0 aliphatic carbocycles. The van der Waals surface area contributed by atoms with Crippen LogP contribution in [0, 0.1) is 11.6 Å². The normalized spacial score (nSPS) is 14.3. The quantitative estimate of drug-likeness (QED) is 0.912. The van der Waals surface area contributed by atoms with E-state index in [4.69, 9.17) is 0 Å². The first kappa shape index (κ1) is 17.8. The summed E-state index contributed by atoms with van der Waals surface area (Å²) in [7, 11) is 0. The van der Waals surface area contributed by atoms with E-state index in [1.165, 1.54) is 6.20 Å². The lowest BCUT2D eigenvalue weighted by atomic mass is 10.2. The van der Waals surface area contributed by atoms with E-state index in [9.17, 15) is 18.4 Å². The number of hydrogen-bond acceptors (Lipinski definition) is 4. The third-order valence-electron chi connectivity index (χ3n) is 4.25. The molecular formula is C18H18F2N4O2. The first-order valence-corrected chi connectivity index (χ1v) is 8.17. The number of nitrogens with zero attached hydrogens (tertiary/aromatic N) is 3. The predicted molar refractivity (Wildman–Crippen MR) is 93.0 cm³/mol. The van der Waals surface area contributed by atoms with Gasteiger partial charge in [0.2, 0.25) is 5.91 Å². The van der Waals surface area contributed by atoms with Gasteiger partial charge in [0.25, 0.3) is 5.91 Å². The van der Waals surface area contributed by atoms with Crippen LogP contribution in [0.3, 0.4) is 0 Å². The number of halogens is 2. The number of benzene rings is 1. The van der Waals surface area contributed by atoms with Crippen molar-refractivity contribution in [2.24, 2.45) is 0 Å². The van der Waals surface area contributed by atoms with Gasteiger partial charge >= 0.3 is 0 Å². The largest absolute Gasteiger partial charge is 0.368 e. The summed E-state index contributed by atoms with van der Waals surface area (Å²) < 4.78 is 26.6. The second-order valence-corrected chi connectivity index (χ2v) is 5.97. The Morgan fingerprint density at radius 3 is 2.46 bits per heavy atom. The van der Waals surface area contributed by atoms with Crippen molar-refractivity contribution in [3.63, 3.8) is 0 Å². The molecular weight excluding hydrogens is 342 g/mol. The Bertz CT molecular complexity index is 836. The fourth-order valence-corrected chi connectivity index (χ4v) is 2.80. The number of anilines is 2. The van der Waals surface area contributed by atoms with Crippen molar-refractivity contribution < 1.29 is 18.4 Å². The second kappa shape index (κ2) is 7.47. The monoisotopic (exact) mass is 360 g/mol. The maximum Gasteiger partial charge on any atom is 0.274 e. The van der Waals surface area contributed by atoms with E-state index in [0.29, 0.717) is 32.2 Å². The molecule has 1 saturated heterocycles. The van der Waals surface area contributed by atoms with Crippen molar-refractivity contribution >= 4 is 23.2 Å². The first-order valence-electron chi connectivity index (χ1n) is 8.17. The van der Waals surface area contributed by atoms with Gasteiger partial charge in [-0.25, -0.2) is 8.78 Å². The van der Waals surface area contributed by atoms with Gasteiger partial charge in [0.05, 0.1) is 5.69 Å². The number of carbonyl (C=O) groups excluding carboxylic acids is 2. The number of amides is 2. The van der Waals surface area contributed by atoms with Crippen LogP contribution in [-0.4, -0.2) is 47.9 Å². The van der Waals surface area contributed by atoms with E-state index >= 15 is 0 Å². The molecule has 1 aromatic carbocycles. The molecule has 1 aliphatic rings. The molecule has 0 radical (unpaired) electrons.